The lowest BCUT2D eigenvalue weighted by molar-refractivity contribution is -0.123. The first-order chi connectivity index (χ1) is 16.1. The van der Waals surface area contributed by atoms with Crippen LogP contribution in [0.15, 0.2) is 53.4 Å². The van der Waals surface area contributed by atoms with Gasteiger partial charge in [0.25, 0.3) is 0 Å². The fraction of sp³-hybridized carbons (Fsp3) is 0.391. The Morgan fingerprint density at radius 3 is 2.53 bits per heavy atom. The molecule has 11 heteroatoms. The van der Waals surface area contributed by atoms with E-state index in [9.17, 15) is 28.1 Å². The van der Waals surface area contributed by atoms with E-state index in [0.29, 0.717) is 18.0 Å². The third-order valence-corrected chi connectivity index (χ3v) is 7.78. The number of carbonyl (C=O) groups excluding carboxylic acids is 2. The maximum Gasteiger partial charge on any atom is 0.475 e. The highest BCUT2D eigenvalue weighted by molar-refractivity contribution is 7.89. The van der Waals surface area contributed by atoms with Crippen LogP contribution in [0.1, 0.15) is 30.4 Å². The van der Waals surface area contributed by atoms with Crippen LogP contribution in [0, 0.1) is 5.92 Å². The smallest absolute Gasteiger partial charge is 0.426 e. The van der Waals surface area contributed by atoms with Crippen molar-refractivity contribution < 1.29 is 28.1 Å². The van der Waals surface area contributed by atoms with Crippen molar-refractivity contribution in [3.05, 3.63) is 59.7 Å². The van der Waals surface area contributed by atoms with Crippen molar-refractivity contribution in [2.75, 3.05) is 11.9 Å². The minimum Gasteiger partial charge on any atom is -0.426 e. The van der Waals surface area contributed by atoms with Crippen molar-refractivity contribution in [2.45, 2.75) is 49.0 Å². The van der Waals surface area contributed by atoms with Gasteiger partial charge in [-0.3, -0.25) is 9.59 Å². The molecule has 0 spiro atoms. The molecule has 4 rings (SSSR count). The molecular formula is C23H28BN3O6S. The van der Waals surface area contributed by atoms with Crippen molar-refractivity contribution in [2.24, 2.45) is 5.92 Å². The number of fused-ring (bicyclic) bond motifs is 1. The molecule has 1 heterocycles. The van der Waals surface area contributed by atoms with Gasteiger partial charge in [0.2, 0.25) is 21.8 Å². The number of benzene rings is 2. The standard InChI is InChI=1S/C23H28BN3O6S/c1-27-20-14-18(10-9-17(20)13-22(27)28)34(32,33)26-19(11-15-5-3-2-4-6-15)23(29)25-21(24(30)31)12-16-7-8-16/h2-6,9-10,14,16,19,21,26,30-31H,7-8,11-13H2,1H3,(H,25,29)/t19-,21-/m0/s1. The van der Waals surface area contributed by atoms with Crippen LogP contribution in [0.5, 0.6) is 0 Å². The van der Waals surface area contributed by atoms with Crippen LogP contribution in [0.3, 0.4) is 0 Å². The Kier molecular flexibility index (Phi) is 7.08. The summed E-state index contributed by atoms with van der Waals surface area (Å²) in [5, 5.41) is 22.1. The van der Waals surface area contributed by atoms with E-state index in [0.717, 1.165) is 24.0 Å². The number of likely N-dealkylation sites (N-methyl/N-ethyl adjacent to an activating group) is 1. The molecule has 1 aliphatic carbocycles. The Bertz CT molecular complexity index is 1170. The lowest BCUT2D eigenvalue weighted by Gasteiger charge is -2.23. The van der Waals surface area contributed by atoms with Crippen LogP contribution in [0.25, 0.3) is 0 Å². The van der Waals surface area contributed by atoms with Crippen molar-refractivity contribution in [1.29, 1.82) is 0 Å². The summed E-state index contributed by atoms with van der Waals surface area (Å²) >= 11 is 0. The highest BCUT2D eigenvalue weighted by Gasteiger charge is 2.35. The molecule has 2 aromatic carbocycles. The summed E-state index contributed by atoms with van der Waals surface area (Å²) in [4.78, 5) is 26.5. The molecule has 2 aromatic rings. The highest BCUT2D eigenvalue weighted by atomic mass is 32.2. The van der Waals surface area contributed by atoms with Gasteiger partial charge in [-0.25, -0.2) is 8.42 Å². The van der Waals surface area contributed by atoms with Crippen molar-refractivity contribution in [1.82, 2.24) is 10.0 Å². The molecule has 4 N–H and O–H groups in total. The summed E-state index contributed by atoms with van der Waals surface area (Å²) in [6.45, 7) is 0. The van der Waals surface area contributed by atoms with E-state index in [1.807, 2.05) is 6.07 Å². The predicted octanol–water partition coefficient (Wildman–Crippen LogP) is 0.392. The number of nitrogens with one attached hydrogen (secondary N) is 2. The zero-order valence-corrected chi connectivity index (χ0v) is 19.7. The molecule has 0 bridgehead atoms. The fourth-order valence-corrected chi connectivity index (χ4v) is 5.35. The number of sulfonamides is 1. The number of carbonyl (C=O) groups is 2. The third-order valence-electron chi connectivity index (χ3n) is 6.31. The molecule has 1 aliphatic heterocycles. The van der Waals surface area contributed by atoms with E-state index in [-0.39, 0.29) is 23.6 Å². The number of hydrogen-bond acceptors (Lipinski definition) is 6. The van der Waals surface area contributed by atoms with Gasteiger partial charge in [0.05, 0.1) is 17.3 Å². The summed E-state index contributed by atoms with van der Waals surface area (Å²) in [5.74, 6) is -1.33. The Morgan fingerprint density at radius 1 is 1.18 bits per heavy atom. The van der Waals surface area contributed by atoms with E-state index in [1.54, 1.807) is 37.4 Å². The Balaban J connectivity index is 1.57. The summed E-state index contributed by atoms with van der Waals surface area (Å²) in [6, 6.07) is 12.2. The molecule has 180 valence electrons. The van der Waals surface area contributed by atoms with Crippen LogP contribution in [0.4, 0.5) is 5.69 Å². The first-order valence-electron chi connectivity index (χ1n) is 11.3. The molecule has 2 atom stereocenters. The number of anilines is 1. The first kappa shape index (κ1) is 24.4. The van der Waals surface area contributed by atoms with E-state index in [1.165, 1.54) is 17.0 Å². The second-order valence-electron chi connectivity index (χ2n) is 8.99. The fourth-order valence-electron chi connectivity index (χ4n) is 4.13. The van der Waals surface area contributed by atoms with Crippen LogP contribution in [-0.2, 0) is 32.5 Å². The minimum absolute atomic E-state index is 0.0598. The largest absolute Gasteiger partial charge is 0.475 e. The normalized spacial score (nSPS) is 17.3. The Hall–Kier alpha value is -2.73. The van der Waals surface area contributed by atoms with Crippen molar-refractivity contribution >= 4 is 34.6 Å². The summed E-state index contributed by atoms with van der Waals surface area (Å²) in [5.41, 5.74) is 2.00. The van der Waals surface area contributed by atoms with E-state index in [2.05, 4.69) is 10.0 Å². The lowest BCUT2D eigenvalue weighted by Crippen LogP contribution is -2.54. The van der Waals surface area contributed by atoms with Crippen LogP contribution >= 0.6 is 0 Å². The van der Waals surface area contributed by atoms with E-state index in [4.69, 9.17) is 0 Å². The summed E-state index contributed by atoms with van der Waals surface area (Å²) in [6.07, 6.45) is 2.64. The average molecular weight is 485 g/mol. The topological polar surface area (TPSA) is 136 Å². The maximum absolute atomic E-state index is 13.2. The molecule has 2 aliphatic rings. The second kappa shape index (κ2) is 9.87. The van der Waals surface area contributed by atoms with Gasteiger partial charge in [-0.2, -0.15) is 4.72 Å². The number of amides is 2. The van der Waals surface area contributed by atoms with Gasteiger partial charge in [-0.05, 0) is 42.0 Å². The van der Waals surface area contributed by atoms with Gasteiger partial charge in [-0.15, -0.1) is 0 Å². The number of nitrogens with zero attached hydrogens (tertiary/aromatic N) is 1. The molecule has 0 saturated heterocycles. The minimum atomic E-state index is -4.13. The maximum atomic E-state index is 13.2. The van der Waals surface area contributed by atoms with Crippen molar-refractivity contribution in [3.63, 3.8) is 0 Å². The van der Waals surface area contributed by atoms with Gasteiger partial charge in [0, 0.05) is 12.7 Å². The zero-order valence-electron chi connectivity index (χ0n) is 18.8. The van der Waals surface area contributed by atoms with E-state index < -0.39 is 35.0 Å². The molecule has 2 amide bonds. The van der Waals surface area contributed by atoms with Crippen LogP contribution < -0.4 is 14.9 Å². The number of hydrogen-bond donors (Lipinski definition) is 4. The first-order valence-corrected chi connectivity index (χ1v) is 12.7. The summed E-state index contributed by atoms with van der Waals surface area (Å²) in [7, 11) is -4.29. The molecule has 1 saturated carbocycles. The van der Waals surface area contributed by atoms with Crippen molar-refractivity contribution in [3.8, 4) is 0 Å². The van der Waals surface area contributed by atoms with E-state index >= 15 is 0 Å². The average Bonchev–Trinajstić information content (AvgIpc) is 3.57. The molecule has 0 aromatic heterocycles. The molecule has 1 fully saturated rings. The highest BCUT2D eigenvalue weighted by Crippen LogP contribution is 2.34. The Morgan fingerprint density at radius 2 is 1.88 bits per heavy atom. The molecule has 0 unspecified atom stereocenters. The monoisotopic (exact) mass is 485 g/mol. The van der Waals surface area contributed by atoms with Gasteiger partial charge < -0.3 is 20.3 Å². The number of rotatable bonds is 10. The van der Waals surface area contributed by atoms with Gasteiger partial charge in [-0.1, -0.05) is 49.2 Å². The van der Waals surface area contributed by atoms with Gasteiger partial charge in [0.15, 0.2) is 0 Å². The zero-order chi connectivity index (χ0) is 24.5. The summed E-state index contributed by atoms with van der Waals surface area (Å²) < 4.78 is 29.0. The van der Waals surface area contributed by atoms with Crippen LogP contribution in [-0.4, -0.2) is 56.4 Å². The molecule has 0 radical (unpaired) electrons. The van der Waals surface area contributed by atoms with Gasteiger partial charge >= 0.3 is 7.12 Å². The Labute approximate surface area is 199 Å². The predicted molar refractivity (Wildman–Crippen MR) is 127 cm³/mol. The van der Waals surface area contributed by atoms with Crippen LogP contribution in [0.2, 0.25) is 0 Å². The molecule has 9 nitrogen and oxygen atoms in total. The SMILES string of the molecule is CN1C(=O)Cc2ccc(S(=O)(=O)N[C@@H](Cc3ccccc3)C(=O)N[C@@H](CC3CC3)B(O)O)cc21. The lowest BCUT2D eigenvalue weighted by atomic mass is 9.76. The molecule has 34 heavy (non-hydrogen) atoms. The second-order valence-corrected chi connectivity index (χ2v) is 10.7. The third kappa shape index (κ3) is 5.67. The molecular weight excluding hydrogens is 457 g/mol. The quantitative estimate of drug-likeness (QED) is 0.360. The van der Waals surface area contributed by atoms with Gasteiger partial charge in [0.1, 0.15) is 6.04 Å².